The number of nitrogens with zero attached hydrogens (tertiary/aromatic N) is 2. The molecular weight excluding hydrogens is 226 g/mol. The van der Waals surface area contributed by atoms with Gasteiger partial charge in [0.15, 0.2) is 0 Å². The standard InChI is InChI=1S/C14H23N3O/c1-17-9-2-4-12(10-17)5-8-16-13(18)14(11-15)6-3-7-14/h12H,2-10H2,1H3,(H,16,18). The molecule has 1 amide bonds. The van der Waals surface area contributed by atoms with Crippen molar-refractivity contribution in [2.75, 3.05) is 26.7 Å². The smallest absolute Gasteiger partial charge is 0.240 e. The molecule has 2 rings (SSSR count). The van der Waals surface area contributed by atoms with Gasteiger partial charge in [0.1, 0.15) is 5.41 Å². The van der Waals surface area contributed by atoms with Crippen LogP contribution in [-0.4, -0.2) is 37.5 Å². The van der Waals surface area contributed by atoms with E-state index in [4.69, 9.17) is 5.26 Å². The molecule has 0 aromatic carbocycles. The Kier molecular flexibility index (Phi) is 4.23. The number of hydrogen-bond acceptors (Lipinski definition) is 3. The average Bonchev–Trinajstić information content (AvgIpc) is 2.28. The highest BCUT2D eigenvalue weighted by atomic mass is 16.2. The van der Waals surface area contributed by atoms with E-state index in [1.165, 1.54) is 19.4 Å². The van der Waals surface area contributed by atoms with Gasteiger partial charge in [-0.05, 0) is 58.0 Å². The first kappa shape index (κ1) is 13.4. The molecule has 2 aliphatic rings. The highest BCUT2D eigenvalue weighted by Crippen LogP contribution is 2.40. The van der Waals surface area contributed by atoms with Crippen molar-refractivity contribution in [3.8, 4) is 6.07 Å². The molecule has 0 aromatic rings. The normalized spacial score (nSPS) is 27.0. The molecule has 4 nitrogen and oxygen atoms in total. The first-order valence-corrected chi connectivity index (χ1v) is 7.04. The average molecular weight is 249 g/mol. The summed E-state index contributed by atoms with van der Waals surface area (Å²) in [5.41, 5.74) is -0.691. The molecule has 4 heteroatoms. The molecule has 1 aliphatic carbocycles. The third-order valence-corrected chi connectivity index (χ3v) is 4.42. The molecule has 2 fully saturated rings. The van der Waals surface area contributed by atoms with E-state index in [1.807, 2.05) is 0 Å². The largest absolute Gasteiger partial charge is 0.355 e. The minimum atomic E-state index is -0.691. The lowest BCUT2D eigenvalue weighted by atomic mass is 9.69. The van der Waals surface area contributed by atoms with Gasteiger partial charge in [0.05, 0.1) is 6.07 Å². The van der Waals surface area contributed by atoms with Gasteiger partial charge in [0.25, 0.3) is 0 Å². The first-order valence-electron chi connectivity index (χ1n) is 7.04. The fraction of sp³-hybridized carbons (Fsp3) is 0.857. The lowest BCUT2D eigenvalue weighted by molar-refractivity contribution is -0.131. The maximum Gasteiger partial charge on any atom is 0.240 e. The highest BCUT2D eigenvalue weighted by Gasteiger charge is 2.44. The molecule has 18 heavy (non-hydrogen) atoms. The lowest BCUT2D eigenvalue weighted by Gasteiger charge is -2.34. The van der Waals surface area contributed by atoms with Crippen molar-refractivity contribution in [1.82, 2.24) is 10.2 Å². The quantitative estimate of drug-likeness (QED) is 0.822. The monoisotopic (exact) mass is 249 g/mol. The Balaban J connectivity index is 1.69. The summed E-state index contributed by atoms with van der Waals surface area (Å²) in [6.07, 6.45) is 6.05. The van der Waals surface area contributed by atoms with Crippen LogP contribution in [0.4, 0.5) is 0 Å². The van der Waals surface area contributed by atoms with Gasteiger partial charge in [0, 0.05) is 13.1 Å². The number of rotatable bonds is 4. The van der Waals surface area contributed by atoms with Crippen molar-refractivity contribution in [2.24, 2.45) is 11.3 Å². The van der Waals surface area contributed by atoms with Crippen LogP contribution in [-0.2, 0) is 4.79 Å². The van der Waals surface area contributed by atoms with Crippen LogP contribution < -0.4 is 5.32 Å². The van der Waals surface area contributed by atoms with Crippen molar-refractivity contribution in [1.29, 1.82) is 5.26 Å². The zero-order valence-corrected chi connectivity index (χ0v) is 11.2. The maximum atomic E-state index is 11.9. The van der Waals surface area contributed by atoms with E-state index in [1.54, 1.807) is 0 Å². The summed E-state index contributed by atoms with van der Waals surface area (Å²) < 4.78 is 0. The van der Waals surface area contributed by atoms with Crippen LogP contribution in [0.25, 0.3) is 0 Å². The van der Waals surface area contributed by atoms with Crippen LogP contribution >= 0.6 is 0 Å². The van der Waals surface area contributed by atoms with Crippen LogP contribution in [0.1, 0.15) is 38.5 Å². The molecule has 100 valence electrons. The van der Waals surface area contributed by atoms with Gasteiger partial charge >= 0.3 is 0 Å². The lowest BCUT2D eigenvalue weighted by Crippen LogP contribution is -2.45. The Morgan fingerprint density at radius 3 is 2.83 bits per heavy atom. The Hall–Kier alpha value is -1.08. The van der Waals surface area contributed by atoms with Crippen LogP contribution in [0.3, 0.4) is 0 Å². The minimum Gasteiger partial charge on any atom is -0.355 e. The van der Waals surface area contributed by atoms with Crippen LogP contribution in [0, 0.1) is 22.7 Å². The van der Waals surface area contributed by atoms with Gasteiger partial charge in [-0.3, -0.25) is 4.79 Å². The van der Waals surface area contributed by atoms with Gasteiger partial charge in [-0.25, -0.2) is 0 Å². The van der Waals surface area contributed by atoms with Crippen molar-refractivity contribution >= 4 is 5.91 Å². The van der Waals surface area contributed by atoms with Gasteiger partial charge in [-0.2, -0.15) is 5.26 Å². The molecule has 1 atom stereocenters. The predicted octanol–water partition coefficient (Wildman–Crippen LogP) is 1.53. The Labute approximate surface area is 109 Å². The number of nitrogens with one attached hydrogen (secondary N) is 1. The van der Waals surface area contributed by atoms with Gasteiger partial charge < -0.3 is 10.2 Å². The van der Waals surface area contributed by atoms with E-state index in [9.17, 15) is 4.79 Å². The second-order valence-electron chi connectivity index (χ2n) is 5.86. The van der Waals surface area contributed by atoms with E-state index in [0.29, 0.717) is 5.92 Å². The number of amides is 1. The number of carbonyl (C=O) groups is 1. The molecule has 1 saturated heterocycles. The van der Waals surface area contributed by atoms with Crippen molar-refractivity contribution in [3.63, 3.8) is 0 Å². The maximum absolute atomic E-state index is 11.9. The fourth-order valence-electron chi connectivity index (χ4n) is 2.99. The number of nitriles is 1. The van der Waals surface area contributed by atoms with E-state index in [0.717, 1.165) is 38.8 Å². The first-order chi connectivity index (χ1) is 8.66. The van der Waals surface area contributed by atoms with E-state index < -0.39 is 5.41 Å². The minimum absolute atomic E-state index is 0.0413. The van der Waals surface area contributed by atoms with Gasteiger partial charge in [-0.1, -0.05) is 0 Å². The number of piperidine rings is 1. The third-order valence-electron chi connectivity index (χ3n) is 4.42. The van der Waals surface area contributed by atoms with E-state index in [-0.39, 0.29) is 5.91 Å². The highest BCUT2D eigenvalue weighted by molar-refractivity contribution is 5.86. The summed E-state index contributed by atoms with van der Waals surface area (Å²) >= 11 is 0. The number of carbonyl (C=O) groups excluding carboxylic acids is 1. The Morgan fingerprint density at radius 2 is 2.28 bits per heavy atom. The molecule has 0 bridgehead atoms. The molecule has 0 spiro atoms. The molecule has 1 saturated carbocycles. The Morgan fingerprint density at radius 1 is 1.50 bits per heavy atom. The molecule has 1 N–H and O–H groups in total. The molecule has 0 radical (unpaired) electrons. The van der Waals surface area contributed by atoms with Crippen molar-refractivity contribution in [2.45, 2.75) is 38.5 Å². The Bertz CT molecular complexity index is 343. The number of likely N-dealkylation sites (tertiary alicyclic amines) is 1. The molecular formula is C14H23N3O. The fourth-order valence-corrected chi connectivity index (χ4v) is 2.99. The summed E-state index contributed by atoms with van der Waals surface area (Å²) in [6.45, 7) is 3.06. The second-order valence-corrected chi connectivity index (χ2v) is 5.86. The molecule has 1 heterocycles. The summed E-state index contributed by atoms with van der Waals surface area (Å²) in [6, 6.07) is 2.19. The molecule has 1 aliphatic heterocycles. The van der Waals surface area contributed by atoms with Gasteiger partial charge in [0.2, 0.25) is 5.91 Å². The summed E-state index contributed by atoms with van der Waals surface area (Å²) in [5, 5.41) is 12.0. The SMILES string of the molecule is CN1CCCC(CCNC(=O)C2(C#N)CCC2)C1. The van der Waals surface area contributed by atoms with Gasteiger partial charge in [-0.15, -0.1) is 0 Å². The van der Waals surface area contributed by atoms with Crippen LogP contribution in [0.2, 0.25) is 0 Å². The van der Waals surface area contributed by atoms with Crippen molar-refractivity contribution < 1.29 is 4.79 Å². The van der Waals surface area contributed by atoms with Crippen LogP contribution in [0.15, 0.2) is 0 Å². The van der Waals surface area contributed by atoms with Crippen LogP contribution in [0.5, 0.6) is 0 Å². The topological polar surface area (TPSA) is 56.1 Å². The molecule has 0 aromatic heterocycles. The molecule has 1 unspecified atom stereocenters. The summed E-state index contributed by atoms with van der Waals surface area (Å²) in [4.78, 5) is 14.3. The summed E-state index contributed by atoms with van der Waals surface area (Å²) in [7, 11) is 2.16. The third kappa shape index (κ3) is 2.84. The summed E-state index contributed by atoms with van der Waals surface area (Å²) in [5.74, 6) is 0.656. The zero-order chi connectivity index (χ0) is 13.0. The van der Waals surface area contributed by atoms with E-state index >= 15 is 0 Å². The van der Waals surface area contributed by atoms with E-state index in [2.05, 4.69) is 23.3 Å². The zero-order valence-electron chi connectivity index (χ0n) is 11.2. The second kappa shape index (κ2) is 5.71. The number of hydrogen-bond donors (Lipinski definition) is 1. The van der Waals surface area contributed by atoms with Crippen molar-refractivity contribution in [3.05, 3.63) is 0 Å². The predicted molar refractivity (Wildman–Crippen MR) is 69.7 cm³/mol.